The SMILES string of the molecule is CCCn1c(=O)c2cc(C)ccc2n2c(SCc3ccccc3Cl)nnc12. The van der Waals surface area contributed by atoms with Gasteiger partial charge in [0.2, 0.25) is 5.78 Å². The number of benzene rings is 2. The summed E-state index contributed by atoms with van der Waals surface area (Å²) in [4.78, 5) is 13.0. The first-order chi connectivity index (χ1) is 13.1. The first kappa shape index (κ1) is 18.1. The van der Waals surface area contributed by atoms with Gasteiger partial charge in [0.05, 0.1) is 10.9 Å². The molecule has 0 saturated heterocycles. The van der Waals surface area contributed by atoms with Crippen molar-refractivity contribution in [3.63, 3.8) is 0 Å². The summed E-state index contributed by atoms with van der Waals surface area (Å²) in [5, 5.41) is 10.9. The Labute approximate surface area is 166 Å². The van der Waals surface area contributed by atoms with Crippen LogP contribution in [0.2, 0.25) is 5.02 Å². The second-order valence-corrected chi connectivity index (χ2v) is 7.83. The normalized spacial score (nSPS) is 11.5. The minimum Gasteiger partial charge on any atom is -0.276 e. The molecule has 0 amide bonds. The van der Waals surface area contributed by atoms with Gasteiger partial charge >= 0.3 is 0 Å². The smallest absolute Gasteiger partial charge is 0.262 e. The molecule has 0 radical (unpaired) electrons. The number of nitrogens with zero attached hydrogens (tertiary/aromatic N) is 4. The van der Waals surface area contributed by atoms with Gasteiger partial charge in [-0.25, -0.2) is 0 Å². The predicted molar refractivity (Wildman–Crippen MR) is 111 cm³/mol. The molecule has 2 aromatic heterocycles. The zero-order valence-corrected chi connectivity index (χ0v) is 16.7. The average Bonchev–Trinajstić information content (AvgIpc) is 3.08. The molecule has 4 aromatic rings. The zero-order chi connectivity index (χ0) is 19.0. The molecule has 7 heteroatoms. The van der Waals surface area contributed by atoms with E-state index in [1.165, 1.54) is 0 Å². The highest BCUT2D eigenvalue weighted by Crippen LogP contribution is 2.27. The maximum Gasteiger partial charge on any atom is 0.262 e. The van der Waals surface area contributed by atoms with E-state index in [-0.39, 0.29) is 5.56 Å². The number of thioether (sulfide) groups is 1. The summed E-state index contributed by atoms with van der Waals surface area (Å²) in [6.45, 7) is 4.65. The number of aromatic nitrogens is 4. The van der Waals surface area contributed by atoms with Crippen LogP contribution in [0.25, 0.3) is 16.7 Å². The van der Waals surface area contributed by atoms with Crippen LogP contribution in [0, 0.1) is 6.92 Å². The molecule has 0 aliphatic rings. The number of fused-ring (bicyclic) bond motifs is 3. The molecule has 0 saturated carbocycles. The second kappa shape index (κ2) is 7.37. The van der Waals surface area contributed by atoms with Crippen molar-refractivity contribution in [3.8, 4) is 0 Å². The highest BCUT2D eigenvalue weighted by atomic mass is 35.5. The van der Waals surface area contributed by atoms with Gasteiger partial charge in [0.25, 0.3) is 5.56 Å². The molecule has 2 aromatic carbocycles. The van der Waals surface area contributed by atoms with Crippen LogP contribution in [0.4, 0.5) is 0 Å². The zero-order valence-electron chi connectivity index (χ0n) is 15.1. The summed E-state index contributed by atoms with van der Waals surface area (Å²) in [5.41, 5.74) is 2.92. The van der Waals surface area contributed by atoms with Gasteiger partial charge in [-0.05, 0) is 37.1 Å². The molecule has 0 N–H and O–H groups in total. The molecule has 0 fully saturated rings. The predicted octanol–water partition coefficient (Wildman–Crippen LogP) is 4.71. The van der Waals surface area contributed by atoms with E-state index < -0.39 is 0 Å². The molecule has 0 unspecified atom stereocenters. The van der Waals surface area contributed by atoms with E-state index in [0.29, 0.717) is 23.5 Å². The van der Waals surface area contributed by atoms with E-state index in [9.17, 15) is 4.79 Å². The number of hydrogen-bond acceptors (Lipinski definition) is 4. The quantitative estimate of drug-likeness (QED) is 0.457. The summed E-state index contributed by atoms with van der Waals surface area (Å²) in [7, 11) is 0. The van der Waals surface area contributed by atoms with Crippen LogP contribution in [0.1, 0.15) is 24.5 Å². The van der Waals surface area contributed by atoms with Crippen molar-refractivity contribution in [2.24, 2.45) is 0 Å². The molecular formula is C20H19ClN4OS. The summed E-state index contributed by atoms with van der Waals surface area (Å²) in [6.07, 6.45) is 0.849. The minimum atomic E-state index is -0.0156. The van der Waals surface area contributed by atoms with Crippen LogP contribution in [-0.2, 0) is 12.3 Å². The molecule has 4 rings (SSSR count). The lowest BCUT2D eigenvalue weighted by atomic mass is 10.1. The molecule has 0 atom stereocenters. The van der Waals surface area contributed by atoms with Gasteiger partial charge < -0.3 is 0 Å². The number of hydrogen-bond donors (Lipinski definition) is 0. The molecule has 0 spiro atoms. The fraction of sp³-hybridized carbons (Fsp3) is 0.250. The van der Waals surface area contributed by atoms with Gasteiger partial charge in [0.15, 0.2) is 5.16 Å². The van der Waals surface area contributed by atoms with E-state index in [0.717, 1.165) is 33.2 Å². The Morgan fingerprint density at radius 2 is 1.96 bits per heavy atom. The average molecular weight is 399 g/mol. The first-order valence-electron chi connectivity index (χ1n) is 8.84. The van der Waals surface area contributed by atoms with Crippen molar-refractivity contribution in [1.29, 1.82) is 0 Å². The van der Waals surface area contributed by atoms with E-state index in [1.54, 1.807) is 16.3 Å². The highest BCUT2D eigenvalue weighted by Gasteiger charge is 2.17. The molecule has 0 bridgehead atoms. The Morgan fingerprint density at radius 1 is 1.15 bits per heavy atom. The number of aryl methyl sites for hydroxylation is 2. The monoisotopic (exact) mass is 398 g/mol. The van der Waals surface area contributed by atoms with Crippen molar-refractivity contribution in [2.45, 2.75) is 37.7 Å². The lowest BCUT2D eigenvalue weighted by Gasteiger charge is -2.11. The van der Waals surface area contributed by atoms with Crippen LogP contribution in [0.15, 0.2) is 52.4 Å². The largest absolute Gasteiger partial charge is 0.276 e. The Bertz CT molecular complexity index is 1200. The summed E-state index contributed by atoms with van der Waals surface area (Å²) < 4.78 is 3.70. The fourth-order valence-corrected chi connectivity index (χ4v) is 4.40. The van der Waals surface area contributed by atoms with Crippen LogP contribution in [-0.4, -0.2) is 19.2 Å². The molecular weight excluding hydrogens is 380 g/mol. The van der Waals surface area contributed by atoms with E-state index >= 15 is 0 Å². The molecule has 2 heterocycles. The third-order valence-corrected chi connectivity index (χ3v) is 5.83. The molecule has 5 nitrogen and oxygen atoms in total. The molecule has 0 aliphatic carbocycles. The minimum absolute atomic E-state index is 0.0156. The standard InChI is InChI=1S/C20H19ClN4OS/c1-3-10-24-18(26)15-11-13(2)8-9-17(15)25-19(24)22-23-20(25)27-12-14-6-4-5-7-16(14)21/h4-9,11H,3,10,12H2,1-2H3. The maximum absolute atomic E-state index is 13.0. The molecule has 0 aliphatic heterocycles. The third-order valence-electron chi connectivity index (χ3n) is 4.49. The summed E-state index contributed by atoms with van der Waals surface area (Å²) in [5.74, 6) is 1.26. The number of halogens is 1. The van der Waals surface area contributed by atoms with Gasteiger partial charge in [-0.3, -0.25) is 13.8 Å². The van der Waals surface area contributed by atoms with Crippen LogP contribution < -0.4 is 5.56 Å². The van der Waals surface area contributed by atoms with Crippen LogP contribution in [0.3, 0.4) is 0 Å². The van der Waals surface area contributed by atoms with E-state index in [1.807, 2.05) is 60.7 Å². The van der Waals surface area contributed by atoms with Crippen molar-refractivity contribution < 1.29 is 0 Å². The Balaban J connectivity index is 1.89. The Morgan fingerprint density at radius 3 is 2.74 bits per heavy atom. The second-order valence-electron chi connectivity index (χ2n) is 6.48. The number of rotatable bonds is 5. The fourth-order valence-electron chi connectivity index (χ4n) is 3.18. The van der Waals surface area contributed by atoms with Gasteiger partial charge in [-0.1, -0.05) is 60.1 Å². The van der Waals surface area contributed by atoms with Crippen molar-refractivity contribution in [1.82, 2.24) is 19.2 Å². The van der Waals surface area contributed by atoms with Crippen LogP contribution >= 0.6 is 23.4 Å². The van der Waals surface area contributed by atoms with E-state index in [2.05, 4.69) is 10.2 Å². The maximum atomic E-state index is 13.0. The highest BCUT2D eigenvalue weighted by molar-refractivity contribution is 7.98. The van der Waals surface area contributed by atoms with Crippen molar-refractivity contribution >= 4 is 40.0 Å². The van der Waals surface area contributed by atoms with Gasteiger partial charge in [-0.15, -0.1) is 10.2 Å². The van der Waals surface area contributed by atoms with Crippen LogP contribution in [0.5, 0.6) is 0 Å². The van der Waals surface area contributed by atoms with Crippen molar-refractivity contribution in [2.75, 3.05) is 0 Å². The van der Waals surface area contributed by atoms with Crippen molar-refractivity contribution in [3.05, 3.63) is 69.0 Å². The summed E-state index contributed by atoms with van der Waals surface area (Å²) >= 11 is 7.85. The first-order valence-corrected chi connectivity index (χ1v) is 10.2. The summed E-state index contributed by atoms with van der Waals surface area (Å²) in [6, 6.07) is 13.7. The lowest BCUT2D eigenvalue weighted by Crippen LogP contribution is -2.23. The Kier molecular flexibility index (Phi) is 4.93. The topological polar surface area (TPSA) is 52.2 Å². The van der Waals surface area contributed by atoms with Gasteiger partial charge in [-0.2, -0.15) is 0 Å². The van der Waals surface area contributed by atoms with E-state index in [4.69, 9.17) is 11.6 Å². The van der Waals surface area contributed by atoms with Gasteiger partial charge in [0.1, 0.15) is 0 Å². The lowest BCUT2D eigenvalue weighted by molar-refractivity contribution is 0.662. The molecule has 27 heavy (non-hydrogen) atoms. The Hall–Kier alpha value is -2.31. The molecule has 138 valence electrons. The third kappa shape index (κ3) is 3.24. The van der Waals surface area contributed by atoms with Gasteiger partial charge in [0, 0.05) is 17.3 Å².